The van der Waals surface area contributed by atoms with Gasteiger partial charge in [-0.1, -0.05) is 61.5 Å². The highest BCUT2D eigenvalue weighted by molar-refractivity contribution is 6.01. The summed E-state index contributed by atoms with van der Waals surface area (Å²) in [5, 5.41) is 10.1. The van der Waals surface area contributed by atoms with Crippen molar-refractivity contribution in [2.75, 3.05) is 40.0 Å². The Labute approximate surface area is 237 Å². The molecule has 0 saturated heterocycles. The van der Waals surface area contributed by atoms with E-state index in [-0.39, 0.29) is 30.6 Å². The first kappa shape index (κ1) is 28.1. The molecule has 2 heterocycles. The van der Waals surface area contributed by atoms with Gasteiger partial charge < -0.3 is 24.2 Å². The van der Waals surface area contributed by atoms with E-state index in [9.17, 15) is 9.90 Å². The normalized spacial score (nSPS) is 20.2. The Bertz CT molecular complexity index is 1310. The Morgan fingerprint density at radius 2 is 1.70 bits per heavy atom. The number of fused-ring (bicyclic) bond motifs is 4. The summed E-state index contributed by atoms with van der Waals surface area (Å²) in [6.07, 6.45) is 0.712. The summed E-state index contributed by atoms with van der Waals surface area (Å²) in [5.41, 5.74) is 4.65. The molecule has 1 amide bonds. The molecular weight excluding hydrogens is 504 g/mol. The third kappa shape index (κ3) is 6.17. The largest absolute Gasteiger partial charge is 0.490 e. The number of ether oxygens (including phenoxy) is 3. The van der Waals surface area contributed by atoms with Gasteiger partial charge in [-0.25, -0.2) is 0 Å². The number of carbonyl (C=O) groups excluding carboxylic acids is 1. The minimum Gasteiger partial charge on any atom is -0.490 e. The second kappa shape index (κ2) is 12.9. The maximum atomic E-state index is 14.0. The lowest BCUT2D eigenvalue weighted by Crippen LogP contribution is -2.47. The van der Waals surface area contributed by atoms with Gasteiger partial charge in [0, 0.05) is 43.1 Å². The van der Waals surface area contributed by atoms with Crippen LogP contribution in [0, 0.1) is 5.92 Å². The van der Waals surface area contributed by atoms with Gasteiger partial charge in [0.1, 0.15) is 0 Å². The minimum atomic E-state index is -0.325. The number of likely N-dealkylation sites (N-methyl/N-ethyl adjacent to an activating group) is 1. The number of nitrogens with zero attached hydrogens (tertiary/aromatic N) is 2. The minimum absolute atomic E-state index is 0.0188. The number of carbonyl (C=O) groups is 1. The van der Waals surface area contributed by atoms with Crippen LogP contribution in [0.25, 0.3) is 11.1 Å². The van der Waals surface area contributed by atoms with Gasteiger partial charge in [0.2, 0.25) is 0 Å². The molecule has 0 aromatic heterocycles. The van der Waals surface area contributed by atoms with Gasteiger partial charge in [0.05, 0.1) is 38.6 Å². The number of amides is 1. The molecule has 3 aromatic carbocycles. The van der Waals surface area contributed by atoms with Crippen LogP contribution < -0.4 is 9.47 Å². The predicted molar refractivity (Wildman–Crippen MR) is 156 cm³/mol. The molecule has 0 radical (unpaired) electrons. The molecule has 7 nitrogen and oxygen atoms in total. The van der Waals surface area contributed by atoms with E-state index in [2.05, 4.69) is 37.1 Å². The second-order valence-electron chi connectivity index (χ2n) is 11.0. The summed E-state index contributed by atoms with van der Waals surface area (Å²) in [5.74, 6) is 1.57. The summed E-state index contributed by atoms with van der Waals surface area (Å²) in [6, 6.07) is 21.6. The molecule has 3 aromatic rings. The number of hydrogen-bond acceptors (Lipinski definition) is 6. The second-order valence-corrected chi connectivity index (χ2v) is 11.0. The Morgan fingerprint density at radius 3 is 2.50 bits per heavy atom. The van der Waals surface area contributed by atoms with Crippen molar-refractivity contribution in [2.45, 2.75) is 45.6 Å². The van der Waals surface area contributed by atoms with E-state index in [0.29, 0.717) is 45.0 Å². The van der Waals surface area contributed by atoms with Crippen molar-refractivity contribution in [3.8, 4) is 22.6 Å². The third-order valence-electron chi connectivity index (χ3n) is 7.88. The topological polar surface area (TPSA) is 71.5 Å². The average Bonchev–Trinajstić information content (AvgIpc) is 3.24. The Morgan fingerprint density at radius 1 is 0.975 bits per heavy atom. The molecule has 0 saturated carbocycles. The highest BCUT2D eigenvalue weighted by Crippen LogP contribution is 2.34. The molecule has 0 fully saturated rings. The molecule has 5 rings (SSSR count). The van der Waals surface area contributed by atoms with Crippen molar-refractivity contribution < 1.29 is 24.1 Å². The smallest absolute Gasteiger partial charge is 0.254 e. The van der Waals surface area contributed by atoms with Gasteiger partial charge >= 0.3 is 0 Å². The average molecular weight is 545 g/mol. The number of aliphatic hydroxyl groups is 1. The fourth-order valence-corrected chi connectivity index (χ4v) is 5.59. The Balaban J connectivity index is 1.44. The van der Waals surface area contributed by atoms with E-state index >= 15 is 0 Å². The predicted octanol–water partition coefficient (Wildman–Crippen LogP) is 5.00. The van der Waals surface area contributed by atoms with Gasteiger partial charge in [-0.05, 0) is 42.8 Å². The van der Waals surface area contributed by atoms with Crippen molar-refractivity contribution in [1.29, 1.82) is 0 Å². The van der Waals surface area contributed by atoms with Gasteiger partial charge in [-0.15, -0.1) is 0 Å². The summed E-state index contributed by atoms with van der Waals surface area (Å²) < 4.78 is 18.6. The van der Waals surface area contributed by atoms with Gasteiger partial charge in [0.15, 0.2) is 11.5 Å². The zero-order chi connectivity index (χ0) is 28.1. The summed E-state index contributed by atoms with van der Waals surface area (Å²) >= 11 is 0. The first-order valence-electron chi connectivity index (χ1n) is 14.2. The Hall–Kier alpha value is -3.39. The van der Waals surface area contributed by atoms with E-state index in [0.717, 1.165) is 40.2 Å². The molecule has 212 valence electrons. The molecule has 40 heavy (non-hydrogen) atoms. The van der Waals surface area contributed by atoms with Gasteiger partial charge in [-0.2, -0.15) is 0 Å². The van der Waals surface area contributed by atoms with Crippen LogP contribution in [0.1, 0.15) is 41.8 Å². The SMILES string of the molecule is C[C@H]1CN([C@@H](C)CO)C(=O)c2ccccc2-c2ccccc2CO[C@H]1CN(C)Cc1cccc2c1OCCCO2. The first-order valence-corrected chi connectivity index (χ1v) is 14.2. The summed E-state index contributed by atoms with van der Waals surface area (Å²) in [4.78, 5) is 18.0. The molecule has 0 spiro atoms. The van der Waals surface area contributed by atoms with Crippen LogP contribution in [0.5, 0.6) is 11.5 Å². The molecule has 0 bridgehead atoms. The zero-order valence-corrected chi connectivity index (χ0v) is 23.7. The van der Waals surface area contributed by atoms with Crippen molar-refractivity contribution in [2.24, 2.45) is 5.92 Å². The summed E-state index contributed by atoms with van der Waals surface area (Å²) in [6.45, 7) is 7.47. The van der Waals surface area contributed by atoms with E-state index in [1.165, 1.54) is 0 Å². The van der Waals surface area contributed by atoms with Crippen molar-refractivity contribution in [1.82, 2.24) is 9.80 Å². The monoisotopic (exact) mass is 544 g/mol. The molecule has 1 N–H and O–H groups in total. The maximum absolute atomic E-state index is 14.0. The van der Waals surface area contributed by atoms with E-state index < -0.39 is 0 Å². The van der Waals surface area contributed by atoms with Crippen LogP contribution >= 0.6 is 0 Å². The quantitative estimate of drug-likeness (QED) is 0.471. The number of para-hydroxylation sites is 1. The molecular formula is C33H40N2O5. The molecule has 2 aliphatic rings. The fraction of sp³-hybridized carbons (Fsp3) is 0.424. The van der Waals surface area contributed by atoms with Gasteiger partial charge in [0.25, 0.3) is 5.91 Å². The number of benzene rings is 3. The number of hydrogen-bond donors (Lipinski definition) is 1. The van der Waals surface area contributed by atoms with Crippen molar-refractivity contribution >= 4 is 5.91 Å². The van der Waals surface area contributed by atoms with E-state index in [1.54, 1.807) is 4.90 Å². The van der Waals surface area contributed by atoms with Crippen LogP contribution in [0.2, 0.25) is 0 Å². The van der Waals surface area contributed by atoms with Crippen molar-refractivity contribution in [3.05, 3.63) is 83.4 Å². The Kier molecular flexibility index (Phi) is 9.04. The fourth-order valence-electron chi connectivity index (χ4n) is 5.59. The van der Waals surface area contributed by atoms with Crippen LogP contribution in [-0.4, -0.2) is 72.9 Å². The molecule has 7 heteroatoms. The highest BCUT2D eigenvalue weighted by atomic mass is 16.5. The standard InChI is InChI=1S/C33H40N2O5/c1-23-18-35(24(2)21-36)33(37)29-14-7-6-13-28(29)27-12-5-4-10-26(27)22-40-31(23)20-34(3)19-25-11-8-15-30-32(25)39-17-9-16-38-30/h4-8,10-15,23-24,31,36H,9,16-22H2,1-3H3/t23-,24-,31-/m0/s1. The van der Waals surface area contributed by atoms with Crippen molar-refractivity contribution in [3.63, 3.8) is 0 Å². The van der Waals surface area contributed by atoms with E-state index in [4.69, 9.17) is 14.2 Å². The first-order chi connectivity index (χ1) is 19.5. The van der Waals surface area contributed by atoms with E-state index in [1.807, 2.05) is 55.5 Å². The number of rotatable bonds is 6. The van der Waals surface area contributed by atoms with Crippen LogP contribution in [0.4, 0.5) is 0 Å². The lowest BCUT2D eigenvalue weighted by atomic mass is 9.94. The maximum Gasteiger partial charge on any atom is 0.254 e. The van der Waals surface area contributed by atoms with Crippen LogP contribution in [-0.2, 0) is 17.9 Å². The lowest BCUT2D eigenvalue weighted by Gasteiger charge is -2.35. The molecule has 0 aliphatic carbocycles. The van der Waals surface area contributed by atoms with Crippen LogP contribution in [0.3, 0.4) is 0 Å². The molecule has 0 unspecified atom stereocenters. The molecule has 2 aliphatic heterocycles. The lowest BCUT2D eigenvalue weighted by molar-refractivity contribution is -0.0241. The summed E-state index contributed by atoms with van der Waals surface area (Å²) in [7, 11) is 2.08. The third-order valence-corrected chi connectivity index (χ3v) is 7.88. The van der Waals surface area contributed by atoms with Crippen LogP contribution in [0.15, 0.2) is 66.7 Å². The number of aliphatic hydroxyl groups excluding tert-OH is 1. The molecule has 3 atom stereocenters. The highest BCUT2D eigenvalue weighted by Gasteiger charge is 2.31. The van der Waals surface area contributed by atoms with Gasteiger partial charge in [-0.3, -0.25) is 9.69 Å². The zero-order valence-electron chi connectivity index (χ0n) is 23.7.